The van der Waals surface area contributed by atoms with Crippen LogP contribution in [0.1, 0.15) is 26.2 Å². The highest BCUT2D eigenvalue weighted by atomic mass is 15.1. The maximum absolute atomic E-state index is 8.87. The molecule has 0 amide bonds. The number of hydrogen-bond acceptors (Lipinski definition) is 2. The molecule has 1 saturated carbocycles. The molecule has 0 N–H and O–H groups in total. The first kappa shape index (κ1) is 9.02. The van der Waals surface area contributed by atoms with E-state index in [9.17, 15) is 0 Å². The summed E-state index contributed by atoms with van der Waals surface area (Å²) in [5.41, 5.74) is 0.365. The molecule has 1 aliphatic heterocycles. The van der Waals surface area contributed by atoms with Crippen LogP contribution in [0.25, 0.3) is 0 Å². The van der Waals surface area contributed by atoms with E-state index >= 15 is 0 Å². The maximum atomic E-state index is 8.87. The molecular formula is C11H18N2. The fourth-order valence-electron chi connectivity index (χ4n) is 2.73. The molecule has 3 atom stereocenters. The summed E-state index contributed by atoms with van der Waals surface area (Å²) in [6.07, 6.45) is 3.79. The van der Waals surface area contributed by atoms with E-state index in [1.165, 1.54) is 25.9 Å². The molecule has 3 unspecified atom stereocenters. The Morgan fingerprint density at radius 3 is 2.85 bits per heavy atom. The highest BCUT2D eigenvalue weighted by Gasteiger charge is 2.55. The van der Waals surface area contributed by atoms with Gasteiger partial charge >= 0.3 is 0 Å². The van der Waals surface area contributed by atoms with Gasteiger partial charge in [-0.15, -0.1) is 0 Å². The molecule has 1 saturated heterocycles. The first-order chi connectivity index (χ1) is 6.16. The summed E-state index contributed by atoms with van der Waals surface area (Å²) in [5.74, 6) is 1.12. The molecule has 1 aliphatic carbocycles. The molecule has 0 aromatic carbocycles. The molecule has 0 aromatic rings. The van der Waals surface area contributed by atoms with Crippen molar-refractivity contribution in [3.63, 3.8) is 0 Å². The molecule has 2 nitrogen and oxygen atoms in total. The third-order valence-corrected chi connectivity index (χ3v) is 3.99. The zero-order valence-corrected chi connectivity index (χ0v) is 8.58. The van der Waals surface area contributed by atoms with Crippen LogP contribution in [0.4, 0.5) is 0 Å². The van der Waals surface area contributed by atoms with Crippen molar-refractivity contribution >= 4 is 0 Å². The predicted molar refractivity (Wildman–Crippen MR) is 52.0 cm³/mol. The lowest BCUT2D eigenvalue weighted by Gasteiger charge is -2.33. The van der Waals surface area contributed by atoms with Gasteiger partial charge in [0.15, 0.2) is 0 Å². The van der Waals surface area contributed by atoms with E-state index in [-0.39, 0.29) is 0 Å². The number of hydrogen-bond donors (Lipinski definition) is 0. The van der Waals surface area contributed by atoms with Crippen molar-refractivity contribution in [2.45, 2.75) is 26.2 Å². The molecule has 1 heterocycles. The van der Waals surface area contributed by atoms with E-state index in [1.807, 2.05) is 0 Å². The number of nitriles is 1. The molecule has 0 aromatic heterocycles. The highest BCUT2D eigenvalue weighted by molar-refractivity contribution is 5.13. The molecule has 2 rings (SSSR count). The predicted octanol–water partition coefficient (Wildman–Crippen LogP) is 1.88. The smallest absolute Gasteiger partial charge is 0.0661 e. The van der Waals surface area contributed by atoms with Crippen LogP contribution < -0.4 is 0 Å². The van der Waals surface area contributed by atoms with E-state index < -0.39 is 0 Å². The van der Waals surface area contributed by atoms with Crippen LogP contribution in [-0.2, 0) is 0 Å². The summed E-state index contributed by atoms with van der Waals surface area (Å²) < 4.78 is 0. The summed E-state index contributed by atoms with van der Waals surface area (Å²) >= 11 is 0. The minimum atomic E-state index is 0.351. The Bertz CT molecular complexity index is 243. The maximum Gasteiger partial charge on any atom is 0.0661 e. The quantitative estimate of drug-likeness (QED) is 0.613. The van der Waals surface area contributed by atoms with Crippen molar-refractivity contribution in [2.75, 3.05) is 20.1 Å². The average molecular weight is 178 g/mol. The zero-order chi connectivity index (χ0) is 9.47. The van der Waals surface area contributed by atoms with Gasteiger partial charge in [0.1, 0.15) is 0 Å². The van der Waals surface area contributed by atoms with Gasteiger partial charge in [-0.1, -0.05) is 6.92 Å². The molecule has 72 valence electrons. The second-order valence-electron chi connectivity index (χ2n) is 4.99. The Morgan fingerprint density at radius 1 is 1.54 bits per heavy atom. The minimum absolute atomic E-state index is 0.351. The van der Waals surface area contributed by atoms with E-state index in [0.717, 1.165) is 12.3 Å². The van der Waals surface area contributed by atoms with Crippen LogP contribution in [0.15, 0.2) is 0 Å². The van der Waals surface area contributed by atoms with Gasteiger partial charge in [0.05, 0.1) is 12.0 Å². The van der Waals surface area contributed by atoms with Gasteiger partial charge in [0, 0.05) is 6.54 Å². The molecule has 0 radical (unpaired) electrons. The van der Waals surface area contributed by atoms with Gasteiger partial charge in [-0.2, -0.15) is 5.26 Å². The van der Waals surface area contributed by atoms with Crippen molar-refractivity contribution in [3.05, 3.63) is 0 Å². The first-order valence-corrected chi connectivity index (χ1v) is 5.25. The van der Waals surface area contributed by atoms with Crippen LogP contribution >= 0.6 is 0 Å². The summed E-state index contributed by atoms with van der Waals surface area (Å²) in [4.78, 5) is 2.41. The molecule has 0 bridgehead atoms. The van der Waals surface area contributed by atoms with Crippen LogP contribution in [-0.4, -0.2) is 25.0 Å². The molecule has 13 heavy (non-hydrogen) atoms. The molecule has 0 spiro atoms. The standard InChI is InChI=1S/C11H18N2/c1-11(6-10(11)7-12)9-4-3-5-13(2)8-9/h9-10H,3-6,8H2,1-2H3. The van der Waals surface area contributed by atoms with Crippen LogP contribution in [0.5, 0.6) is 0 Å². The first-order valence-electron chi connectivity index (χ1n) is 5.25. The molecular weight excluding hydrogens is 160 g/mol. The lowest BCUT2D eigenvalue weighted by Crippen LogP contribution is -2.36. The fourth-order valence-corrected chi connectivity index (χ4v) is 2.73. The van der Waals surface area contributed by atoms with Gasteiger partial charge < -0.3 is 4.90 Å². The van der Waals surface area contributed by atoms with Gasteiger partial charge in [0.25, 0.3) is 0 Å². The summed E-state index contributed by atoms with van der Waals surface area (Å²) in [5, 5.41) is 8.87. The molecule has 2 fully saturated rings. The minimum Gasteiger partial charge on any atom is -0.306 e. The van der Waals surface area contributed by atoms with E-state index in [2.05, 4.69) is 24.9 Å². The lowest BCUT2D eigenvalue weighted by atomic mass is 9.82. The fraction of sp³-hybridized carbons (Fsp3) is 0.909. The van der Waals surface area contributed by atoms with E-state index in [1.54, 1.807) is 0 Å². The average Bonchev–Trinajstić information content (AvgIpc) is 2.79. The number of piperidine rings is 1. The van der Waals surface area contributed by atoms with Gasteiger partial charge in [-0.3, -0.25) is 0 Å². The lowest BCUT2D eigenvalue weighted by molar-refractivity contribution is 0.150. The van der Waals surface area contributed by atoms with Crippen molar-refractivity contribution < 1.29 is 0 Å². The monoisotopic (exact) mass is 178 g/mol. The summed E-state index contributed by atoms with van der Waals surface area (Å²) in [6.45, 7) is 4.74. The topological polar surface area (TPSA) is 27.0 Å². The van der Waals surface area contributed by atoms with E-state index in [0.29, 0.717) is 11.3 Å². The van der Waals surface area contributed by atoms with E-state index in [4.69, 9.17) is 5.26 Å². The van der Waals surface area contributed by atoms with Crippen LogP contribution in [0, 0.1) is 28.6 Å². The SMILES string of the molecule is CN1CCCC(C2(C)CC2C#N)C1. The van der Waals surface area contributed by atoms with Crippen molar-refractivity contribution in [1.29, 1.82) is 5.26 Å². The van der Waals surface area contributed by atoms with Gasteiger partial charge in [-0.25, -0.2) is 0 Å². The third-order valence-electron chi connectivity index (χ3n) is 3.99. The third kappa shape index (κ3) is 1.46. The Morgan fingerprint density at radius 2 is 2.31 bits per heavy atom. The second kappa shape index (κ2) is 2.99. The Kier molecular flexibility index (Phi) is 2.08. The molecule has 2 aliphatic rings. The zero-order valence-electron chi connectivity index (χ0n) is 8.58. The molecule has 2 heteroatoms. The van der Waals surface area contributed by atoms with Crippen LogP contribution in [0.3, 0.4) is 0 Å². The Balaban J connectivity index is 1.98. The Hall–Kier alpha value is -0.550. The van der Waals surface area contributed by atoms with Crippen LogP contribution in [0.2, 0.25) is 0 Å². The van der Waals surface area contributed by atoms with Gasteiger partial charge in [0.2, 0.25) is 0 Å². The Labute approximate surface area is 80.5 Å². The largest absolute Gasteiger partial charge is 0.306 e. The van der Waals surface area contributed by atoms with Crippen molar-refractivity contribution in [3.8, 4) is 6.07 Å². The highest BCUT2D eigenvalue weighted by Crippen LogP contribution is 2.58. The second-order valence-corrected chi connectivity index (χ2v) is 4.99. The van der Waals surface area contributed by atoms with Gasteiger partial charge in [-0.05, 0) is 44.2 Å². The van der Waals surface area contributed by atoms with Crippen molar-refractivity contribution in [2.24, 2.45) is 17.3 Å². The van der Waals surface area contributed by atoms with Crippen molar-refractivity contribution in [1.82, 2.24) is 4.90 Å². The summed E-state index contributed by atoms with van der Waals surface area (Å²) in [7, 11) is 2.19. The summed E-state index contributed by atoms with van der Waals surface area (Å²) in [6, 6.07) is 2.42. The normalized spacial score (nSPS) is 45.6. The number of rotatable bonds is 1. The number of nitrogens with zero attached hydrogens (tertiary/aromatic N) is 2. The number of likely N-dealkylation sites (tertiary alicyclic amines) is 1.